The summed E-state index contributed by atoms with van der Waals surface area (Å²) in [6.07, 6.45) is 4.43. The third-order valence-corrected chi connectivity index (χ3v) is 4.39. The number of hydrogen-bond donors (Lipinski definition) is 2. The van der Waals surface area contributed by atoms with Crippen molar-refractivity contribution in [2.45, 2.75) is 25.7 Å². The highest BCUT2D eigenvalue weighted by Gasteiger charge is 2.41. The maximum atomic E-state index is 12.1. The Kier molecular flexibility index (Phi) is 4.65. The Morgan fingerprint density at radius 2 is 2.10 bits per heavy atom. The van der Waals surface area contributed by atoms with Gasteiger partial charge in [-0.3, -0.25) is 9.59 Å². The van der Waals surface area contributed by atoms with Crippen LogP contribution in [0.4, 0.5) is 0 Å². The van der Waals surface area contributed by atoms with Gasteiger partial charge >= 0.3 is 5.97 Å². The Bertz CT molecular complexity index is 544. The number of halogens is 2. The highest BCUT2D eigenvalue weighted by Crippen LogP contribution is 2.37. The molecule has 2 N–H and O–H groups in total. The minimum atomic E-state index is -0.853. The number of carboxylic acid groups (broad SMARTS) is 1. The summed E-state index contributed by atoms with van der Waals surface area (Å²) in [5.74, 6) is -1.26. The molecule has 1 aromatic heterocycles. The van der Waals surface area contributed by atoms with Gasteiger partial charge in [-0.15, -0.1) is 0 Å². The molecule has 1 fully saturated rings. The molecule has 1 heterocycles. The number of nitrogens with zero attached hydrogens (tertiary/aromatic N) is 1. The molecule has 1 amide bonds. The fourth-order valence-electron chi connectivity index (χ4n) is 2.44. The van der Waals surface area contributed by atoms with Crippen molar-refractivity contribution >= 4 is 39.4 Å². The van der Waals surface area contributed by atoms with E-state index in [1.807, 2.05) is 0 Å². The molecule has 20 heavy (non-hydrogen) atoms. The molecule has 1 aromatic rings. The van der Waals surface area contributed by atoms with Crippen LogP contribution in [0.3, 0.4) is 0 Å². The van der Waals surface area contributed by atoms with Crippen molar-refractivity contribution in [2.24, 2.45) is 5.41 Å². The molecule has 0 aliphatic heterocycles. The second kappa shape index (κ2) is 6.10. The van der Waals surface area contributed by atoms with Gasteiger partial charge in [0.2, 0.25) is 0 Å². The van der Waals surface area contributed by atoms with E-state index in [2.05, 4.69) is 26.2 Å². The van der Waals surface area contributed by atoms with Gasteiger partial charge in [0.1, 0.15) is 5.15 Å². The van der Waals surface area contributed by atoms with Crippen LogP contribution in [0.15, 0.2) is 16.7 Å². The molecule has 108 valence electrons. The number of carboxylic acids is 1. The van der Waals surface area contributed by atoms with E-state index in [1.165, 1.54) is 6.20 Å². The zero-order chi connectivity index (χ0) is 14.8. The lowest BCUT2D eigenvalue weighted by Gasteiger charge is -2.24. The van der Waals surface area contributed by atoms with E-state index in [9.17, 15) is 14.7 Å². The predicted octanol–water partition coefficient (Wildman–Crippen LogP) is 2.87. The molecule has 2 rings (SSSR count). The highest BCUT2D eigenvalue weighted by molar-refractivity contribution is 9.10. The molecule has 7 heteroatoms. The van der Waals surface area contributed by atoms with E-state index < -0.39 is 17.3 Å². The minimum absolute atomic E-state index is 0.0986. The van der Waals surface area contributed by atoms with Gasteiger partial charge in [0.05, 0.1) is 11.0 Å². The molecule has 0 aromatic carbocycles. The summed E-state index contributed by atoms with van der Waals surface area (Å²) in [5, 5.41) is 12.1. The molecule has 0 spiro atoms. The fraction of sp³-hybridized carbons (Fsp3) is 0.462. The third kappa shape index (κ3) is 3.12. The van der Waals surface area contributed by atoms with E-state index in [-0.39, 0.29) is 17.3 Å². The topological polar surface area (TPSA) is 79.3 Å². The van der Waals surface area contributed by atoms with Gasteiger partial charge in [-0.25, -0.2) is 4.98 Å². The van der Waals surface area contributed by atoms with Crippen LogP contribution >= 0.6 is 27.5 Å². The second-order valence-electron chi connectivity index (χ2n) is 4.97. The average Bonchev–Trinajstić information content (AvgIpc) is 2.89. The van der Waals surface area contributed by atoms with Crippen LogP contribution in [0.1, 0.15) is 36.0 Å². The zero-order valence-corrected chi connectivity index (χ0v) is 13.0. The van der Waals surface area contributed by atoms with Crippen molar-refractivity contribution in [1.82, 2.24) is 10.3 Å². The van der Waals surface area contributed by atoms with Crippen molar-refractivity contribution in [3.8, 4) is 0 Å². The van der Waals surface area contributed by atoms with Gasteiger partial charge in [-0.05, 0) is 34.8 Å². The molecule has 0 atom stereocenters. The molecule has 0 saturated heterocycles. The number of nitrogens with one attached hydrogen (secondary N) is 1. The van der Waals surface area contributed by atoms with Crippen LogP contribution in [-0.4, -0.2) is 28.5 Å². The largest absolute Gasteiger partial charge is 0.481 e. The predicted molar refractivity (Wildman–Crippen MR) is 77.8 cm³/mol. The molecule has 1 aliphatic rings. The number of carbonyl (C=O) groups excluding carboxylic acids is 1. The van der Waals surface area contributed by atoms with Gasteiger partial charge in [0.15, 0.2) is 0 Å². The number of pyridine rings is 1. The van der Waals surface area contributed by atoms with Crippen molar-refractivity contribution in [3.63, 3.8) is 0 Å². The lowest BCUT2D eigenvalue weighted by atomic mass is 9.86. The first-order valence-electron chi connectivity index (χ1n) is 6.27. The molecule has 0 bridgehead atoms. The van der Waals surface area contributed by atoms with Crippen LogP contribution in [0.25, 0.3) is 0 Å². The van der Waals surface area contributed by atoms with E-state index in [0.29, 0.717) is 17.3 Å². The molecular formula is C13H14BrClN2O3. The Labute approximate surface area is 129 Å². The van der Waals surface area contributed by atoms with Crippen LogP contribution in [-0.2, 0) is 4.79 Å². The van der Waals surface area contributed by atoms with Crippen LogP contribution in [0.2, 0.25) is 5.15 Å². The number of rotatable bonds is 4. The molecular weight excluding hydrogens is 348 g/mol. The summed E-state index contributed by atoms with van der Waals surface area (Å²) in [6, 6.07) is 1.56. The van der Waals surface area contributed by atoms with Crippen molar-refractivity contribution in [3.05, 3.63) is 27.5 Å². The molecule has 0 unspecified atom stereocenters. The van der Waals surface area contributed by atoms with Gasteiger partial charge in [0.25, 0.3) is 5.91 Å². The van der Waals surface area contributed by atoms with Gasteiger partial charge < -0.3 is 10.4 Å². The summed E-state index contributed by atoms with van der Waals surface area (Å²) in [7, 11) is 0. The van der Waals surface area contributed by atoms with E-state index in [1.54, 1.807) is 6.07 Å². The van der Waals surface area contributed by atoms with Crippen molar-refractivity contribution < 1.29 is 14.7 Å². The number of hydrogen-bond acceptors (Lipinski definition) is 3. The normalized spacial score (nSPS) is 16.9. The monoisotopic (exact) mass is 360 g/mol. The smallest absolute Gasteiger partial charge is 0.311 e. The summed E-state index contributed by atoms with van der Waals surface area (Å²) in [6.45, 7) is 0.115. The molecule has 1 aliphatic carbocycles. The highest BCUT2D eigenvalue weighted by atomic mass is 79.9. The summed E-state index contributed by atoms with van der Waals surface area (Å²) < 4.78 is 0.640. The Hall–Kier alpha value is -1.14. The van der Waals surface area contributed by atoms with Crippen molar-refractivity contribution in [1.29, 1.82) is 0 Å². The van der Waals surface area contributed by atoms with E-state index >= 15 is 0 Å². The Morgan fingerprint density at radius 3 is 2.70 bits per heavy atom. The van der Waals surface area contributed by atoms with Crippen molar-refractivity contribution in [2.75, 3.05) is 6.54 Å². The lowest BCUT2D eigenvalue weighted by Crippen LogP contribution is -2.41. The van der Waals surface area contributed by atoms with Gasteiger partial charge in [0, 0.05) is 17.2 Å². The second-order valence-corrected chi connectivity index (χ2v) is 6.24. The Balaban J connectivity index is 2.08. The lowest BCUT2D eigenvalue weighted by molar-refractivity contribution is -0.148. The van der Waals surface area contributed by atoms with Crippen LogP contribution in [0, 0.1) is 5.41 Å². The SMILES string of the molecule is O=C(NCC1(C(=O)O)CCCC1)c1cc(Br)cnc1Cl. The first kappa shape index (κ1) is 15.3. The maximum absolute atomic E-state index is 12.1. The van der Waals surface area contributed by atoms with Gasteiger partial charge in [-0.1, -0.05) is 24.4 Å². The van der Waals surface area contributed by atoms with Gasteiger partial charge in [-0.2, -0.15) is 0 Å². The first-order chi connectivity index (χ1) is 9.44. The molecule has 1 saturated carbocycles. The quantitative estimate of drug-likeness (QED) is 0.808. The summed E-state index contributed by atoms with van der Waals surface area (Å²) in [5.41, 5.74) is -0.610. The third-order valence-electron chi connectivity index (χ3n) is 3.65. The zero-order valence-electron chi connectivity index (χ0n) is 10.7. The maximum Gasteiger partial charge on any atom is 0.311 e. The number of carbonyl (C=O) groups is 2. The van der Waals surface area contributed by atoms with Crippen LogP contribution in [0.5, 0.6) is 0 Å². The summed E-state index contributed by atoms with van der Waals surface area (Å²) in [4.78, 5) is 27.4. The van der Waals surface area contributed by atoms with E-state index in [4.69, 9.17) is 11.6 Å². The standard InChI is InChI=1S/C13H14BrClN2O3/c14-8-5-9(10(15)16-6-8)11(18)17-7-13(12(19)20)3-1-2-4-13/h5-6H,1-4,7H2,(H,17,18)(H,19,20). The van der Waals surface area contributed by atoms with Crippen LogP contribution < -0.4 is 5.32 Å². The summed E-state index contributed by atoms with van der Waals surface area (Å²) >= 11 is 9.10. The number of aromatic nitrogens is 1. The first-order valence-corrected chi connectivity index (χ1v) is 7.44. The number of amides is 1. The molecule has 0 radical (unpaired) electrons. The number of aliphatic carboxylic acids is 1. The van der Waals surface area contributed by atoms with E-state index in [0.717, 1.165) is 12.8 Å². The minimum Gasteiger partial charge on any atom is -0.481 e. The fourth-order valence-corrected chi connectivity index (χ4v) is 2.97. The Morgan fingerprint density at radius 1 is 1.45 bits per heavy atom. The average molecular weight is 362 g/mol. The molecule has 5 nitrogen and oxygen atoms in total.